The van der Waals surface area contributed by atoms with Gasteiger partial charge >= 0.3 is 6.18 Å². The highest BCUT2D eigenvalue weighted by Crippen LogP contribution is 2.34. The van der Waals surface area contributed by atoms with E-state index >= 15 is 0 Å². The van der Waals surface area contributed by atoms with Crippen LogP contribution in [0, 0.1) is 0 Å². The lowest BCUT2D eigenvalue weighted by molar-refractivity contribution is -0.138. The van der Waals surface area contributed by atoms with E-state index in [0.29, 0.717) is 5.96 Å². The molecule has 1 unspecified atom stereocenters. The standard InChI is InChI=1S/C20H33F3N4O/c1-6-27(7-2)12-8-9-15(3)26-19(24-4)25-14-16-10-11-17(28-5)13-18(16)20(21,22)23/h10-11,13,15H,6-9,12,14H2,1-5H3,(H2,24,25,26). The normalized spacial score (nSPS) is 13.5. The molecule has 160 valence electrons. The number of aliphatic imine (C=N–C) groups is 1. The first kappa shape index (κ1) is 24.1. The molecule has 0 heterocycles. The summed E-state index contributed by atoms with van der Waals surface area (Å²) < 4.78 is 44.8. The Morgan fingerprint density at radius 1 is 1.25 bits per heavy atom. The molecule has 0 saturated carbocycles. The number of ether oxygens (including phenoxy) is 1. The van der Waals surface area contributed by atoms with Crippen LogP contribution < -0.4 is 15.4 Å². The van der Waals surface area contributed by atoms with E-state index in [4.69, 9.17) is 4.74 Å². The van der Waals surface area contributed by atoms with E-state index in [0.717, 1.165) is 38.5 Å². The van der Waals surface area contributed by atoms with Gasteiger partial charge < -0.3 is 20.3 Å². The van der Waals surface area contributed by atoms with Gasteiger partial charge in [-0.2, -0.15) is 13.2 Å². The fourth-order valence-electron chi connectivity index (χ4n) is 2.94. The number of methoxy groups -OCH3 is 1. The van der Waals surface area contributed by atoms with E-state index in [1.165, 1.54) is 19.2 Å². The number of benzene rings is 1. The van der Waals surface area contributed by atoms with Crippen molar-refractivity contribution in [3.63, 3.8) is 0 Å². The monoisotopic (exact) mass is 402 g/mol. The Labute approximate surface area is 166 Å². The zero-order valence-corrected chi connectivity index (χ0v) is 17.5. The number of halogens is 3. The van der Waals surface area contributed by atoms with E-state index in [1.54, 1.807) is 7.05 Å². The minimum absolute atomic E-state index is 0.0185. The van der Waals surface area contributed by atoms with Crippen molar-refractivity contribution in [3.05, 3.63) is 29.3 Å². The highest BCUT2D eigenvalue weighted by Gasteiger charge is 2.33. The minimum atomic E-state index is -4.44. The third-order valence-electron chi connectivity index (χ3n) is 4.68. The summed E-state index contributed by atoms with van der Waals surface area (Å²) in [6.45, 7) is 9.45. The highest BCUT2D eigenvalue weighted by atomic mass is 19.4. The summed E-state index contributed by atoms with van der Waals surface area (Å²) >= 11 is 0. The first-order valence-electron chi connectivity index (χ1n) is 9.68. The lowest BCUT2D eigenvalue weighted by atomic mass is 10.1. The molecule has 28 heavy (non-hydrogen) atoms. The molecular formula is C20H33F3N4O. The van der Waals surface area contributed by atoms with E-state index in [-0.39, 0.29) is 23.9 Å². The van der Waals surface area contributed by atoms with Crippen LogP contribution in [0.4, 0.5) is 13.2 Å². The van der Waals surface area contributed by atoms with Gasteiger partial charge in [0.25, 0.3) is 0 Å². The van der Waals surface area contributed by atoms with Crippen molar-refractivity contribution < 1.29 is 17.9 Å². The van der Waals surface area contributed by atoms with Gasteiger partial charge in [-0.3, -0.25) is 4.99 Å². The maximum Gasteiger partial charge on any atom is 0.416 e. The molecule has 0 spiro atoms. The fourth-order valence-corrected chi connectivity index (χ4v) is 2.94. The van der Waals surface area contributed by atoms with Gasteiger partial charge in [-0.15, -0.1) is 0 Å². The molecule has 5 nitrogen and oxygen atoms in total. The lowest BCUT2D eigenvalue weighted by Crippen LogP contribution is -2.42. The Morgan fingerprint density at radius 3 is 2.46 bits per heavy atom. The van der Waals surface area contributed by atoms with Crippen LogP contribution in [-0.4, -0.2) is 50.7 Å². The molecule has 0 radical (unpaired) electrons. The average molecular weight is 403 g/mol. The molecule has 0 fully saturated rings. The zero-order chi connectivity index (χ0) is 21.2. The summed E-state index contributed by atoms with van der Waals surface area (Å²) in [5.41, 5.74) is -0.562. The number of rotatable bonds is 10. The lowest BCUT2D eigenvalue weighted by Gasteiger charge is -2.21. The fraction of sp³-hybridized carbons (Fsp3) is 0.650. The summed E-state index contributed by atoms with van der Waals surface area (Å²) in [7, 11) is 2.96. The van der Waals surface area contributed by atoms with Crippen molar-refractivity contribution in [2.24, 2.45) is 4.99 Å². The van der Waals surface area contributed by atoms with Crippen LogP contribution in [0.1, 0.15) is 44.7 Å². The van der Waals surface area contributed by atoms with E-state index in [1.807, 2.05) is 6.92 Å². The summed E-state index contributed by atoms with van der Waals surface area (Å²) in [5, 5.41) is 6.22. The SMILES string of the molecule is CCN(CC)CCCC(C)NC(=NC)NCc1ccc(OC)cc1C(F)(F)F. The third-order valence-corrected chi connectivity index (χ3v) is 4.68. The van der Waals surface area contributed by atoms with Crippen molar-refractivity contribution in [3.8, 4) is 5.75 Å². The van der Waals surface area contributed by atoms with Gasteiger partial charge in [-0.1, -0.05) is 19.9 Å². The predicted molar refractivity (Wildman–Crippen MR) is 108 cm³/mol. The summed E-state index contributed by atoms with van der Waals surface area (Å²) in [5.74, 6) is 0.666. The molecule has 1 rings (SSSR count). The number of nitrogens with one attached hydrogen (secondary N) is 2. The van der Waals surface area contributed by atoms with Gasteiger partial charge in [-0.25, -0.2) is 0 Å². The largest absolute Gasteiger partial charge is 0.497 e. The van der Waals surface area contributed by atoms with E-state index in [2.05, 4.69) is 34.4 Å². The number of alkyl halides is 3. The number of guanidine groups is 1. The van der Waals surface area contributed by atoms with Gasteiger partial charge in [0, 0.05) is 19.6 Å². The Morgan fingerprint density at radius 2 is 1.93 bits per heavy atom. The Balaban J connectivity index is 2.63. The van der Waals surface area contributed by atoms with Crippen LogP contribution in [0.5, 0.6) is 5.75 Å². The van der Waals surface area contributed by atoms with Crippen LogP contribution in [0.3, 0.4) is 0 Å². The molecular weight excluding hydrogens is 369 g/mol. The zero-order valence-electron chi connectivity index (χ0n) is 17.5. The second-order valence-corrected chi connectivity index (χ2v) is 6.66. The van der Waals surface area contributed by atoms with Gasteiger partial charge in [-0.05, 0) is 57.1 Å². The smallest absolute Gasteiger partial charge is 0.416 e. The summed E-state index contributed by atoms with van der Waals surface area (Å²) in [6, 6.07) is 4.14. The molecule has 0 bridgehead atoms. The van der Waals surface area contributed by atoms with Crippen molar-refractivity contribution in [2.75, 3.05) is 33.8 Å². The number of hydrogen-bond donors (Lipinski definition) is 2. The van der Waals surface area contributed by atoms with Crippen LogP contribution in [-0.2, 0) is 12.7 Å². The number of nitrogens with zero attached hydrogens (tertiary/aromatic N) is 2. The Bertz CT molecular complexity index is 616. The second-order valence-electron chi connectivity index (χ2n) is 6.66. The predicted octanol–water partition coefficient (Wildman–Crippen LogP) is 3.89. The summed E-state index contributed by atoms with van der Waals surface area (Å²) in [4.78, 5) is 6.49. The van der Waals surface area contributed by atoms with Gasteiger partial charge in [0.1, 0.15) is 5.75 Å². The molecule has 1 atom stereocenters. The van der Waals surface area contributed by atoms with Crippen LogP contribution in [0.15, 0.2) is 23.2 Å². The molecule has 0 aromatic heterocycles. The van der Waals surface area contributed by atoms with Crippen LogP contribution >= 0.6 is 0 Å². The van der Waals surface area contributed by atoms with Crippen molar-refractivity contribution in [1.29, 1.82) is 0 Å². The van der Waals surface area contributed by atoms with Gasteiger partial charge in [0.2, 0.25) is 0 Å². The molecule has 0 saturated heterocycles. The van der Waals surface area contributed by atoms with Crippen molar-refractivity contribution in [2.45, 2.75) is 52.4 Å². The Hall–Kier alpha value is -1.96. The second kappa shape index (κ2) is 11.8. The quantitative estimate of drug-likeness (QED) is 0.461. The molecule has 0 aliphatic rings. The van der Waals surface area contributed by atoms with Gasteiger partial charge in [0.05, 0.1) is 12.7 Å². The van der Waals surface area contributed by atoms with Crippen molar-refractivity contribution >= 4 is 5.96 Å². The minimum Gasteiger partial charge on any atom is -0.497 e. The summed E-state index contributed by atoms with van der Waals surface area (Å²) in [6.07, 6.45) is -2.45. The molecule has 2 N–H and O–H groups in total. The Kier molecular flexibility index (Phi) is 10.1. The van der Waals surface area contributed by atoms with E-state index < -0.39 is 11.7 Å². The van der Waals surface area contributed by atoms with Crippen LogP contribution in [0.2, 0.25) is 0 Å². The maximum absolute atomic E-state index is 13.3. The highest BCUT2D eigenvalue weighted by molar-refractivity contribution is 5.79. The maximum atomic E-state index is 13.3. The van der Waals surface area contributed by atoms with Crippen molar-refractivity contribution in [1.82, 2.24) is 15.5 Å². The molecule has 1 aromatic carbocycles. The van der Waals surface area contributed by atoms with E-state index in [9.17, 15) is 13.2 Å². The molecule has 1 aromatic rings. The van der Waals surface area contributed by atoms with Gasteiger partial charge in [0.15, 0.2) is 5.96 Å². The first-order valence-corrected chi connectivity index (χ1v) is 9.68. The average Bonchev–Trinajstić information content (AvgIpc) is 2.67. The number of hydrogen-bond acceptors (Lipinski definition) is 3. The van der Waals surface area contributed by atoms with Crippen LogP contribution in [0.25, 0.3) is 0 Å². The molecule has 8 heteroatoms. The topological polar surface area (TPSA) is 48.9 Å². The molecule has 0 amide bonds. The third kappa shape index (κ3) is 7.96. The molecule has 0 aliphatic carbocycles. The first-order chi connectivity index (χ1) is 13.2. The molecule has 0 aliphatic heterocycles.